The summed E-state index contributed by atoms with van der Waals surface area (Å²) in [6.07, 6.45) is 4.83. The maximum atomic E-state index is 5.25. The van der Waals surface area contributed by atoms with Gasteiger partial charge in [0.1, 0.15) is 0 Å². The molecule has 0 amide bonds. The van der Waals surface area contributed by atoms with Crippen molar-refractivity contribution < 1.29 is 4.74 Å². The molecule has 0 N–H and O–H groups in total. The molecular formula is C6H10O. The first kappa shape index (κ1) is 4.85. The summed E-state index contributed by atoms with van der Waals surface area (Å²) in [5.74, 6) is 0. The van der Waals surface area contributed by atoms with Crippen molar-refractivity contribution in [1.82, 2.24) is 0 Å². The predicted molar refractivity (Wildman–Crippen MR) is 29.1 cm³/mol. The largest absolute Gasteiger partial charge is 0.367 e. The topological polar surface area (TPSA) is 9.23 Å². The predicted octanol–water partition coefficient (Wildman–Crippen LogP) is 1.35. The SMILES string of the molecule is CC1C=C[C@@H](C)O1. The van der Waals surface area contributed by atoms with Crippen molar-refractivity contribution in [3.8, 4) is 0 Å². The average Bonchev–Trinajstić information content (AvgIpc) is 1.87. The number of ether oxygens (including phenoxy) is 1. The highest BCUT2D eigenvalue weighted by Crippen LogP contribution is 2.08. The Kier molecular flexibility index (Phi) is 1.15. The summed E-state index contributed by atoms with van der Waals surface area (Å²) in [7, 11) is 0. The van der Waals surface area contributed by atoms with Crippen molar-refractivity contribution in [2.24, 2.45) is 0 Å². The van der Waals surface area contributed by atoms with Crippen molar-refractivity contribution in [2.45, 2.75) is 26.1 Å². The van der Waals surface area contributed by atoms with Crippen molar-refractivity contribution in [3.63, 3.8) is 0 Å². The lowest BCUT2D eigenvalue weighted by Crippen LogP contribution is -2.03. The quantitative estimate of drug-likeness (QED) is 0.415. The molecule has 0 fully saturated rings. The summed E-state index contributed by atoms with van der Waals surface area (Å²) in [6.45, 7) is 4.08. The van der Waals surface area contributed by atoms with E-state index < -0.39 is 0 Å². The normalized spacial score (nSPS) is 39.7. The van der Waals surface area contributed by atoms with Gasteiger partial charge in [-0.2, -0.15) is 0 Å². The van der Waals surface area contributed by atoms with Gasteiger partial charge in [-0.3, -0.25) is 0 Å². The minimum absolute atomic E-state index is 0.343. The third-order valence-corrected chi connectivity index (χ3v) is 1.08. The Balaban J connectivity index is 2.42. The van der Waals surface area contributed by atoms with Gasteiger partial charge in [-0.05, 0) is 13.8 Å². The molecule has 0 aromatic rings. The van der Waals surface area contributed by atoms with Gasteiger partial charge < -0.3 is 4.74 Å². The van der Waals surface area contributed by atoms with E-state index in [0.29, 0.717) is 12.2 Å². The highest BCUT2D eigenvalue weighted by Gasteiger charge is 2.07. The monoisotopic (exact) mass is 98.1 g/mol. The van der Waals surface area contributed by atoms with E-state index in [1.807, 2.05) is 13.8 Å². The molecule has 1 aliphatic heterocycles. The molecule has 0 aliphatic carbocycles. The lowest BCUT2D eigenvalue weighted by Gasteiger charge is -2.02. The Hall–Kier alpha value is -0.300. The average molecular weight is 98.1 g/mol. The maximum absolute atomic E-state index is 5.25. The fourth-order valence-corrected chi connectivity index (χ4v) is 0.742. The van der Waals surface area contributed by atoms with Crippen LogP contribution in [-0.4, -0.2) is 12.2 Å². The molecule has 1 heterocycles. The van der Waals surface area contributed by atoms with Crippen LogP contribution in [0.2, 0.25) is 0 Å². The molecule has 1 unspecified atom stereocenters. The van der Waals surface area contributed by atoms with Gasteiger partial charge >= 0.3 is 0 Å². The van der Waals surface area contributed by atoms with E-state index in [0.717, 1.165) is 0 Å². The fraction of sp³-hybridized carbons (Fsp3) is 0.667. The van der Waals surface area contributed by atoms with Crippen LogP contribution < -0.4 is 0 Å². The van der Waals surface area contributed by atoms with E-state index in [9.17, 15) is 0 Å². The zero-order chi connectivity index (χ0) is 5.28. The van der Waals surface area contributed by atoms with Crippen molar-refractivity contribution in [2.75, 3.05) is 0 Å². The summed E-state index contributed by atoms with van der Waals surface area (Å²) < 4.78 is 5.25. The number of rotatable bonds is 0. The second kappa shape index (κ2) is 1.66. The van der Waals surface area contributed by atoms with E-state index in [2.05, 4.69) is 12.2 Å². The number of hydrogen-bond donors (Lipinski definition) is 0. The molecule has 0 radical (unpaired) electrons. The molecule has 0 spiro atoms. The van der Waals surface area contributed by atoms with Crippen LogP contribution in [-0.2, 0) is 4.74 Å². The Morgan fingerprint density at radius 3 is 1.71 bits per heavy atom. The van der Waals surface area contributed by atoms with E-state index >= 15 is 0 Å². The molecule has 0 aromatic carbocycles. The van der Waals surface area contributed by atoms with Crippen LogP contribution in [0.4, 0.5) is 0 Å². The van der Waals surface area contributed by atoms with Crippen LogP contribution in [0.5, 0.6) is 0 Å². The molecule has 0 saturated carbocycles. The third kappa shape index (κ3) is 1.03. The van der Waals surface area contributed by atoms with Gasteiger partial charge in [-0.25, -0.2) is 0 Å². The summed E-state index contributed by atoms with van der Waals surface area (Å²) in [5.41, 5.74) is 0. The first-order chi connectivity index (χ1) is 3.29. The third-order valence-electron chi connectivity index (χ3n) is 1.08. The van der Waals surface area contributed by atoms with Gasteiger partial charge in [0, 0.05) is 0 Å². The van der Waals surface area contributed by atoms with Gasteiger partial charge in [0.05, 0.1) is 12.2 Å². The van der Waals surface area contributed by atoms with Crippen LogP contribution in [0, 0.1) is 0 Å². The molecule has 40 valence electrons. The molecule has 1 rings (SSSR count). The van der Waals surface area contributed by atoms with E-state index in [1.165, 1.54) is 0 Å². The van der Waals surface area contributed by atoms with Crippen LogP contribution in [0.1, 0.15) is 13.8 Å². The highest BCUT2D eigenvalue weighted by atomic mass is 16.5. The van der Waals surface area contributed by atoms with Crippen molar-refractivity contribution in [3.05, 3.63) is 12.2 Å². The van der Waals surface area contributed by atoms with E-state index in [-0.39, 0.29) is 0 Å². The molecule has 0 aromatic heterocycles. The highest BCUT2D eigenvalue weighted by molar-refractivity contribution is 4.98. The molecule has 1 heteroatoms. The van der Waals surface area contributed by atoms with Crippen molar-refractivity contribution in [1.29, 1.82) is 0 Å². The zero-order valence-electron chi connectivity index (χ0n) is 4.72. The Labute approximate surface area is 44.0 Å². The Morgan fingerprint density at radius 2 is 1.57 bits per heavy atom. The number of hydrogen-bond acceptors (Lipinski definition) is 1. The van der Waals surface area contributed by atoms with Gasteiger partial charge in [0.25, 0.3) is 0 Å². The zero-order valence-corrected chi connectivity index (χ0v) is 4.72. The minimum Gasteiger partial charge on any atom is -0.367 e. The summed E-state index contributed by atoms with van der Waals surface area (Å²) >= 11 is 0. The van der Waals surface area contributed by atoms with Crippen molar-refractivity contribution >= 4 is 0 Å². The molecule has 0 bridgehead atoms. The van der Waals surface area contributed by atoms with Gasteiger partial charge in [0.15, 0.2) is 0 Å². The van der Waals surface area contributed by atoms with Crippen LogP contribution >= 0.6 is 0 Å². The van der Waals surface area contributed by atoms with Crippen LogP contribution in [0.25, 0.3) is 0 Å². The minimum atomic E-state index is 0.343. The standard InChI is InChI=1S/C6H10O/c1-5-3-4-6(2)7-5/h3-6H,1-2H3/t5-,6?/m1/s1. The lowest BCUT2D eigenvalue weighted by atomic mass is 10.4. The molecule has 1 nitrogen and oxygen atoms in total. The Bertz CT molecular complexity index is 76.2. The van der Waals surface area contributed by atoms with Gasteiger partial charge in [-0.1, -0.05) is 12.2 Å². The van der Waals surface area contributed by atoms with Gasteiger partial charge in [-0.15, -0.1) is 0 Å². The fourth-order valence-electron chi connectivity index (χ4n) is 0.742. The van der Waals surface area contributed by atoms with Crippen LogP contribution in [0.3, 0.4) is 0 Å². The second-order valence-corrected chi connectivity index (χ2v) is 1.93. The van der Waals surface area contributed by atoms with E-state index in [4.69, 9.17) is 4.74 Å². The first-order valence-corrected chi connectivity index (χ1v) is 2.63. The molecule has 2 atom stereocenters. The van der Waals surface area contributed by atoms with E-state index in [1.54, 1.807) is 0 Å². The molecular weight excluding hydrogens is 88.1 g/mol. The first-order valence-electron chi connectivity index (χ1n) is 2.63. The Morgan fingerprint density at radius 1 is 1.14 bits per heavy atom. The van der Waals surface area contributed by atoms with Crippen LogP contribution in [0.15, 0.2) is 12.2 Å². The second-order valence-electron chi connectivity index (χ2n) is 1.93. The maximum Gasteiger partial charge on any atom is 0.0736 e. The molecule has 1 aliphatic rings. The molecule has 0 saturated heterocycles. The van der Waals surface area contributed by atoms with Gasteiger partial charge in [0.2, 0.25) is 0 Å². The summed E-state index contributed by atoms with van der Waals surface area (Å²) in [5, 5.41) is 0. The smallest absolute Gasteiger partial charge is 0.0736 e. The summed E-state index contributed by atoms with van der Waals surface area (Å²) in [4.78, 5) is 0. The molecule has 7 heavy (non-hydrogen) atoms. The lowest BCUT2D eigenvalue weighted by molar-refractivity contribution is 0.0830. The summed E-state index contributed by atoms with van der Waals surface area (Å²) in [6, 6.07) is 0.